The van der Waals surface area contributed by atoms with Crippen LogP contribution in [0.1, 0.15) is 33.6 Å². The first-order valence-corrected chi connectivity index (χ1v) is 25.5. The van der Waals surface area contributed by atoms with Gasteiger partial charge in [-0.2, -0.15) is 8.42 Å². The van der Waals surface area contributed by atoms with E-state index in [1.807, 2.05) is 63.4 Å². The van der Waals surface area contributed by atoms with Crippen molar-refractivity contribution < 1.29 is 31.7 Å². The lowest BCUT2D eigenvalue weighted by Gasteiger charge is -2.27. The maximum absolute atomic E-state index is 13.5. The number of hydrogen-bond acceptors (Lipinski definition) is 16. The van der Waals surface area contributed by atoms with E-state index >= 15 is 0 Å². The van der Waals surface area contributed by atoms with Gasteiger partial charge in [0.25, 0.3) is 21.9 Å². The predicted molar refractivity (Wildman–Crippen MR) is 261 cm³/mol. The van der Waals surface area contributed by atoms with Gasteiger partial charge in [-0.05, 0) is 61.4 Å². The highest BCUT2D eigenvalue weighted by Crippen LogP contribution is 2.33. The predicted octanol–water partition coefficient (Wildman–Crippen LogP) is 3.99. The number of nitrogens with zero attached hydrogens (tertiary/aromatic N) is 6. The highest BCUT2D eigenvalue weighted by molar-refractivity contribution is 7.86. The fourth-order valence-electron chi connectivity index (χ4n) is 8.37. The lowest BCUT2D eigenvalue weighted by molar-refractivity contribution is 0.0942. The zero-order valence-electron chi connectivity index (χ0n) is 36.5. The van der Waals surface area contributed by atoms with Crippen molar-refractivity contribution in [1.82, 2.24) is 34.7 Å². The van der Waals surface area contributed by atoms with E-state index in [4.69, 9.17) is 19.4 Å². The minimum Gasteiger partial charge on any atom is -0.378 e. The number of fused-ring (bicyclic) bond motifs is 10. The second-order valence-electron chi connectivity index (χ2n) is 16.4. The smallest absolute Gasteiger partial charge is 0.264 e. The van der Waals surface area contributed by atoms with E-state index in [1.165, 1.54) is 35.5 Å². The first-order chi connectivity index (χ1) is 32.5. The molecule has 348 valence electrons. The van der Waals surface area contributed by atoms with Crippen molar-refractivity contribution >= 4 is 108 Å². The quantitative estimate of drug-likeness (QED) is 0.117. The number of pyridine rings is 4. The second kappa shape index (κ2) is 18.9. The number of amides is 2. The monoisotopic (exact) mass is 965 g/mol. The van der Waals surface area contributed by atoms with Crippen molar-refractivity contribution in [3.8, 4) is 0 Å². The van der Waals surface area contributed by atoms with Gasteiger partial charge < -0.3 is 35.2 Å². The average Bonchev–Trinajstić information content (AvgIpc) is 3.98. The van der Waals surface area contributed by atoms with Gasteiger partial charge in [0.05, 0.1) is 70.5 Å². The van der Waals surface area contributed by atoms with Crippen LogP contribution in [0, 0.1) is 0 Å². The van der Waals surface area contributed by atoms with Gasteiger partial charge in [0, 0.05) is 51.9 Å². The van der Waals surface area contributed by atoms with Crippen LogP contribution in [0.5, 0.6) is 0 Å². The topological polar surface area (TPSA) is 207 Å². The molecule has 67 heavy (non-hydrogen) atoms. The van der Waals surface area contributed by atoms with E-state index in [2.05, 4.69) is 29.9 Å². The first kappa shape index (κ1) is 44.7. The molecule has 8 aromatic rings. The number of hydrogen-bond donors (Lipinski definition) is 3. The summed E-state index contributed by atoms with van der Waals surface area (Å²) in [5, 5.41) is 9.70. The molecule has 2 amide bonds. The number of thiazole rings is 2. The molecule has 21 heteroatoms. The zero-order chi connectivity index (χ0) is 46.2. The standard InChI is InChI=1S/C24H25N5O3S.C22H22N4O6S2/c30-21-16-7-8-19(28-11-13-32-14-12-28)27-22(16)29-17-3-1-2-4-18(17)33-24(29)20(21)23(31)26-10-9-25-15-5-6-15;1-34(29,30)32-11-8-23-21(28)18-19(27)14-6-7-17(25-9-12-31-13-10-25)24-20(14)26-15-4-2-3-5-16(15)33-22(18)26/h1-4,7-8,15,25H,5-6,9-14H2,(H,26,31);2-7H,8-13H2,1H3,(H,23,28). The largest absolute Gasteiger partial charge is 0.378 e. The number of benzene rings is 2. The third kappa shape index (κ3) is 9.19. The molecule has 2 aliphatic heterocycles. The Morgan fingerprint density at radius 2 is 1.13 bits per heavy atom. The molecular formula is C46H47N9O9S3. The minimum atomic E-state index is -3.62. The van der Waals surface area contributed by atoms with Crippen LogP contribution in [0.4, 0.5) is 11.6 Å². The fourth-order valence-corrected chi connectivity index (χ4v) is 11.1. The molecule has 3 fully saturated rings. The Morgan fingerprint density at radius 3 is 1.60 bits per heavy atom. The van der Waals surface area contributed by atoms with Crippen LogP contribution in [-0.2, 0) is 23.8 Å². The number of carbonyl (C=O) groups excluding carboxylic acids is 2. The van der Waals surface area contributed by atoms with Crippen LogP contribution in [0.15, 0.2) is 82.4 Å². The number of rotatable bonds is 12. The van der Waals surface area contributed by atoms with Gasteiger partial charge in [0.1, 0.15) is 32.4 Å². The summed E-state index contributed by atoms with van der Waals surface area (Å²) in [6.45, 7) is 6.37. The van der Waals surface area contributed by atoms with Gasteiger partial charge in [-0.1, -0.05) is 24.3 Å². The normalized spacial score (nSPS) is 15.7. The summed E-state index contributed by atoms with van der Waals surface area (Å²) in [4.78, 5) is 68.4. The van der Waals surface area contributed by atoms with Gasteiger partial charge in [-0.15, -0.1) is 22.7 Å². The Bertz CT molecular complexity index is 3450. The summed E-state index contributed by atoms with van der Waals surface area (Å²) in [5.41, 5.74) is 2.34. The summed E-state index contributed by atoms with van der Waals surface area (Å²) >= 11 is 2.79. The zero-order valence-corrected chi connectivity index (χ0v) is 38.9. The Labute approximate surface area is 391 Å². The van der Waals surface area contributed by atoms with Gasteiger partial charge >= 0.3 is 0 Å². The van der Waals surface area contributed by atoms with E-state index in [1.54, 1.807) is 18.2 Å². The Kier molecular flexibility index (Phi) is 12.6. The number of ether oxygens (including phenoxy) is 2. The molecule has 6 aromatic heterocycles. The number of aromatic nitrogens is 4. The summed E-state index contributed by atoms with van der Waals surface area (Å²) in [6, 6.07) is 23.3. The third-order valence-corrected chi connectivity index (χ3v) is 14.7. The summed E-state index contributed by atoms with van der Waals surface area (Å²) in [6.07, 6.45) is 3.33. The molecule has 2 saturated heterocycles. The molecule has 2 aromatic carbocycles. The fraction of sp³-hybridized carbons (Fsp3) is 0.348. The second-order valence-corrected chi connectivity index (χ2v) is 20.1. The number of carbonyl (C=O) groups is 2. The van der Waals surface area contributed by atoms with E-state index in [0.717, 1.165) is 51.4 Å². The van der Waals surface area contributed by atoms with Crippen molar-refractivity contribution in [2.45, 2.75) is 18.9 Å². The molecule has 0 spiro atoms. The van der Waals surface area contributed by atoms with E-state index in [9.17, 15) is 27.6 Å². The van der Waals surface area contributed by atoms with E-state index in [0.29, 0.717) is 90.4 Å². The van der Waals surface area contributed by atoms with Crippen LogP contribution < -0.4 is 36.6 Å². The van der Waals surface area contributed by atoms with Crippen molar-refractivity contribution in [1.29, 1.82) is 0 Å². The van der Waals surface area contributed by atoms with Crippen LogP contribution in [0.3, 0.4) is 0 Å². The van der Waals surface area contributed by atoms with Gasteiger partial charge in [-0.25, -0.2) is 9.97 Å². The van der Waals surface area contributed by atoms with Crippen LogP contribution >= 0.6 is 22.7 Å². The summed E-state index contributed by atoms with van der Waals surface area (Å²) < 4.78 is 43.6. The molecule has 0 unspecified atom stereocenters. The molecule has 3 N–H and O–H groups in total. The Hall–Kier alpha value is -6.07. The molecule has 3 aliphatic rings. The summed E-state index contributed by atoms with van der Waals surface area (Å²) in [7, 11) is -3.62. The van der Waals surface area contributed by atoms with E-state index < -0.39 is 21.5 Å². The maximum Gasteiger partial charge on any atom is 0.264 e. The Morgan fingerprint density at radius 1 is 0.672 bits per heavy atom. The number of morpholine rings is 2. The van der Waals surface area contributed by atoms with Crippen molar-refractivity contribution in [3.63, 3.8) is 0 Å². The van der Waals surface area contributed by atoms with E-state index in [-0.39, 0.29) is 35.6 Å². The molecule has 1 saturated carbocycles. The molecular weight excluding hydrogens is 919 g/mol. The van der Waals surface area contributed by atoms with Crippen LogP contribution in [-0.4, -0.2) is 130 Å². The van der Waals surface area contributed by atoms with Gasteiger partial charge in [0.15, 0.2) is 11.3 Å². The van der Waals surface area contributed by atoms with Crippen molar-refractivity contribution in [2.75, 3.05) is 94.9 Å². The van der Waals surface area contributed by atoms with Crippen molar-refractivity contribution in [2.24, 2.45) is 0 Å². The lowest BCUT2D eigenvalue weighted by Crippen LogP contribution is -2.37. The molecule has 0 atom stereocenters. The Balaban J connectivity index is 0.000000157. The lowest BCUT2D eigenvalue weighted by atomic mass is 10.1. The highest BCUT2D eigenvalue weighted by Gasteiger charge is 2.26. The third-order valence-electron chi connectivity index (χ3n) is 11.8. The number of anilines is 2. The molecule has 8 heterocycles. The molecule has 18 nitrogen and oxygen atoms in total. The molecule has 11 rings (SSSR count). The molecule has 1 aliphatic carbocycles. The number of para-hydroxylation sites is 2. The van der Waals surface area contributed by atoms with Gasteiger partial charge in [0.2, 0.25) is 10.9 Å². The first-order valence-electron chi connectivity index (χ1n) is 22.1. The maximum atomic E-state index is 13.5. The van der Waals surface area contributed by atoms with Gasteiger partial charge in [-0.3, -0.25) is 32.2 Å². The van der Waals surface area contributed by atoms with Crippen LogP contribution in [0.25, 0.3) is 52.2 Å². The average molecular weight is 966 g/mol. The van der Waals surface area contributed by atoms with Crippen molar-refractivity contribution in [3.05, 3.63) is 104 Å². The molecule has 0 bridgehead atoms. The SMILES string of the molecule is CS(=O)(=O)OCCNC(=O)c1c(=O)c2ccc(N3CCOCC3)nc2n2c1sc1ccccc12.O=C(NCCNC1CC1)c1c(=O)c2ccc(N3CCOCC3)nc2n2c1sc1ccccc12. The summed E-state index contributed by atoms with van der Waals surface area (Å²) in [5.74, 6) is 0.637. The molecule has 0 radical (unpaired) electrons. The highest BCUT2D eigenvalue weighted by atomic mass is 32.2. The van der Waals surface area contributed by atoms with Crippen LogP contribution in [0.2, 0.25) is 0 Å². The minimum absolute atomic E-state index is 0.00558. The number of nitrogens with one attached hydrogen (secondary N) is 3.